The molecule has 0 spiro atoms. The average molecular weight is 487 g/mol. The van der Waals surface area contributed by atoms with Crippen molar-refractivity contribution in [2.75, 3.05) is 19.0 Å². The zero-order valence-corrected chi connectivity index (χ0v) is 19.3. The van der Waals surface area contributed by atoms with E-state index in [2.05, 4.69) is 15.7 Å². The minimum absolute atomic E-state index is 0.177. The standard InChI is InChI=1S/C21H25F3N4O2S2/c1-30-19(29)17-13-5-2-3-6-15(13)32-18(17)26-20(31)25-9-4-10-28-14(12-7-8-12)11-16(27-28)21(22,23)24/h11-12H,2-10H2,1H3,(H2,25,26,31). The zero-order chi connectivity index (χ0) is 22.9. The highest BCUT2D eigenvalue weighted by atomic mass is 32.1. The van der Waals surface area contributed by atoms with Gasteiger partial charge in [0.05, 0.1) is 12.7 Å². The highest BCUT2D eigenvalue weighted by Gasteiger charge is 2.37. The van der Waals surface area contributed by atoms with E-state index < -0.39 is 11.9 Å². The number of halogens is 3. The Morgan fingerprint density at radius 3 is 2.78 bits per heavy atom. The van der Waals surface area contributed by atoms with Crippen LogP contribution in [0.15, 0.2) is 6.07 Å². The van der Waals surface area contributed by atoms with Crippen molar-refractivity contribution in [3.8, 4) is 0 Å². The molecule has 0 atom stereocenters. The third kappa shape index (κ3) is 5.09. The largest absolute Gasteiger partial charge is 0.465 e. The van der Waals surface area contributed by atoms with Crippen LogP contribution < -0.4 is 10.6 Å². The van der Waals surface area contributed by atoms with Crippen LogP contribution in [0, 0.1) is 0 Å². The van der Waals surface area contributed by atoms with Crippen molar-refractivity contribution in [3.63, 3.8) is 0 Å². The average Bonchev–Trinajstić information content (AvgIpc) is 3.39. The number of nitrogens with one attached hydrogen (secondary N) is 2. The predicted octanol–water partition coefficient (Wildman–Crippen LogP) is 4.88. The summed E-state index contributed by atoms with van der Waals surface area (Å²) in [6.45, 7) is 0.841. The number of thiocarbonyl (C=S) groups is 1. The maximum atomic E-state index is 13.0. The molecule has 0 amide bonds. The molecule has 0 bridgehead atoms. The first-order chi connectivity index (χ1) is 15.3. The van der Waals surface area contributed by atoms with Gasteiger partial charge in [-0.15, -0.1) is 11.3 Å². The molecule has 2 heterocycles. The first kappa shape index (κ1) is 23.0. The van der Waals surface area contributed by atoms with Gasteiger partial charge < -0.3 is 15.4 Å². The number of carbonyl (C=O) groups excluding carboxylic acids is 1. The molecule has 32 heavy (non-hydrogen) atoms. The Labute approximate surface area is 193 Å². The van der Waals surface area contributed by atoms with Gasteiger partial charge >= 0.3 is 12.1 Å². The van der Waals surface area contributed by atoms with Crippen LogP contribution in [-0.4, -0.2) is 34.5 Å². The van der Waals surface area contributed by atoms with E-state index in [-0.39, 0.29) is 11.9 Å². The van der Waals surface area contributed by atoms with Gasteiger partial charge in [0.1, 0.15) is 5.00 Å². The molecular formula is C21H25F3N4O2S2. The number of hydrogen-bond donors (Lipinski definition) is 2. The number of rotatable bonds is 7. The van der Waals surface area contributed by atoms with Crippen LogP contribution in [0.4, 0.5) is 18.2 Å². The number of aromatic nitrogens is 2. The summed E-state index contributed by atoms with van der Waals surface area (Å²) in [6.07, 6.45) is 1.88. The Morgan fingerprint density at radius 1 is 1.34 bits per heavy atom. The fourth-order valence-corrected chi connectivity index (χ4v) is 5.56. The van der Waals surface area contributed by atoms with E-state index in [0.29, 0.717) is 40.9 Å². The number of nitrogens with zero attached hydrogens (tertiary/aromatic N) is 2. The molecule has 2 aromatic heterocycles. The summed E-state index contributed by atoms with van der Waals surface area (Å²) in [5.41, 5.74) is 1.43. The summed E-state index contributed by atoms with van der Waals surface area (Å²) < 4.78 is 45.5. The molecule has 0 unspecified atom stereocenters. The number of esters is 1. The highest BCUT2D eigenvalue weighted by molar-refractivity contribution is 7.80. The van der Waals surface area contributed by atoms with Crippen LogP contribution in [0.5, 0.6) is 0 Å². The number of hydrogen-bond acceptors (Lipinski definition) is 5. The summed E-state index contributed by atoms with van der Waals surface area (Å²) in [4.78, 5) is 13.5. The van der Waals surface area contributed by atoms with Crippen molar-refractivity contribution >= 4 is 39.6 Å². The van der Waals surface area contributed by atoms with Gasteiger partial charge in [0.2, 0.25) is 0 Å². The maximum absolute atomic E-state index is 13.0. The molecule has 2 aliphatic rings. The zero-order valence-electron chi connectivity index (χ0n) is 17.7. The number of methoxy groups -OCH3 is 1. The molecule has 1 saturated carbocycles. The Bertz CT molecular complexity index is 1010. The Kier molecular flexibility index (Phi) is 6.75. The molecule has 11 heteroatoms. The summed E-state index contributed by atoms with van der Waals surface area (Å²) in [7, 11) is 1.37. The first-order valence-corrected chi connectivity index (χ1v) is 11.9. The molecule has 6 nitrogen and oxygen atoms in total. The number of thiophene rings is 1. The van der Waals surface area contributed by atoms with Crippen LogP contribution in [0.2, 0.25) is 0 Å². The van der Waals surface area contributed by atoms with Crippen molar-refractivity contribution in [2.24, 2.45) is 0 Å². The minimum atomic E-state index is -4.43. The third-order valence-corrected chi connectivity index (χ3v) is 7.17. The number of alkyl halides is 3. The molecule has 1 fully saturated rings. The summed E-state index contributed by atoms with van der Waals surface area (Å²) in [6, 6.07) is 1.17. The molecule has 2 N–H and O–H groups in total. The molecule has 2 aliphatic carbocycles. The fraction of sp³-hybridized carbons (Fsp3) is 0.571. The van der Waals surface area contributed by atoms with Gasteiger partial charge in [-0.3, -0.25) is 4.68 Å². The number of fused-ring (bicyclic) bond motifs is 1. The van der Waals surface area contributed by atoms with Gasteiger partial charge in [-0.05, 0) is 68.8 Å². The summed E-state index contributed by atoms with van der Waals surface area (Å²) in [5, 5.41) is 11.0. The molecule has 0 saturated heterocycles. The van der Waals surface area contributed by atoms with Crippen molar-refractivity contribution in [1.82, 2.24) is 15.1 Å². The van der Waals surface area contributed by atoms with Crippen LogP contribution in [0.3, 0.4) is 0 Å². The van der Waals surface area contributed by atoms with E-state index in [1.807, 2.05) is 0 Å². The molecule has 2 aromatic rings. The smallest absolute Gasteiger partial charge is 0.435 e. The summed E-state index contributed by atoms with van der Waals surface area (Å²) >= 11 is 6.91. The van der Waals surface area contributed by atoms with E-state index in [1.54, 1.807) is 0 Å². The van der Waals surface area contributed by atoms with Gasteiger partial charge in [-0.2, -0.15) is 18.3 Å². The lowest BCUT2D eigenvalue weighted by Gasteiger charge is -2.13. The fourth-order valence-electron chi connectivity index (χ4n) is 4.01. The lowest BCUT2D eigenvalue weighted by atomic mass is 9.95. The minimum Gasteiger partial charge on any atom is -0.465 e. The van der Waals surface area contributed by atoms with Crippen LogP contribution in [-0.2, 0) is 30.3 Å². The Morgan fingerprint density at radius 2 is 2.09 bits per heavy atom. The number of carbonyl (C=O) groups is 1. The second kappa shape index (κ2) is 9.38. The van der Waals surface area contributed by atoms with Gasteiger partial charge in [0.25, 0.3) is 0 Å². The van der Waals surface area contributed by atoms with E-state index in [0.717, 1.165) is 44.1 Å². The predicted molar refractivity (Wildman–Crippen MR) is 120 cm³/mol. The van der Waals surface area contributed by atoms with E-state index in [1.165, 1.54) is 34.1 Å². The molecule has 0 aromatic carbocycles. The van der Waals surface area contributed by atoms with Crippen molar-refractivity contribution < 1.29 is 22.7 Å². The van der Waals surface area contributed by atoms with E-state index in [9.17, 15) is 18.0 Å². The highest BCUT2D eigenvalue weighted by Crippen LogP contribution is 2.42. The van der Waals surface area contributed by atoms with Gasteiger partial charge in [-0.1, -0.05) is 0 Å². The van der Waals surface area contributed by atoms with Crippen molar-refractivity contribution in [1.29, 1.82) is 0 Å². The quantitative estimate of drug-likeness (QED) is 0.330. The maximum Gasteiger partial charge on any atom is 0.435 e. The Balaban J connectivity index is 1.33. The number of anilines is 1. The number of aryl methyl sites for hydroxylation is 2. The lowest BCUT2D eigenvalue weighted by Crippen LogP contribution is -2.30. The van der Waals surface area contributed by atoms with Crippen molar-refractivity contribution in [2.45, 2.75) is 63.6 Å². The number of ether oxygens (including phenoxy) is 1. The molecule has 4 rings (SSSR count). The molecular weight excluding hydrogens is 461 g/mol. The Hall–Kier alpha value is -2.14. The second-order valence-electron chi connectivity index (χ2n) is 8.09. The van der Waals surface area contributed by atoms with E-state index in [4.69, 9.17) is 17.0 Å². The molecule has 0 aliphatic heterocycles. The van der Waals surface area contributed by atoms with Gasteiger partial charge in [0, 0.05) is 29.6 Å². The molecule has 0 radical (unpaired) electrons. The first-order valence-electron chi connectivity index (χ1n) is 10.7. The van der Waals surface area contributed by atoms with Gasteiger partial charge in [0.15, 0.2) is 10.8 Å². The topological polar surface area (TPSA) is 68.2 Å². The second-order valence-corrected chi connectivity index (χ2v) is 9.60. The van der Waals surface area contributed by atoms with Crippen LogP contribution in [0.1, 0.15) is 70.2 Å². The van der Waals surface area contributed by atoms with Crippen LogP contribution in [0.25, 0.3) is 0 Å². The normalized spacial score (nSPS) is 15.9. The SMILES string of the molecule is COC(=O)c1c(NC(=S)NCCCn2nc(C(F)(F)F)cc2C2CC2)sc2c1CCCC2. The lowest BCUT2D eigenvalue weighted by molar-refractivity contribution is -0.141. The summed E-state index contributed by atoms with van der Waals surface area (Å²) in [5.74, 6) is -0.197. The van der Waals surface area contributed by atoms with Crippen molar-refractivity contribution in [3.05, 3.63) is 33.5 Å². The monoisotopic (exact) mass is 486 g/mol. The van der Waals surface area contributed by atoms with Gasteiger partial charge in [-0.25, -0.2) is 4.79 Å². The van der Waals surface area contributed by atoms with Crippen LogP contribution >= 0.6 is 23.6 Å². The third-order valence-electron chi connectivity index (χ3n) is 5.72. The van der Waals surface area contributed by atoms with E-state index >= 15 is 0 Å². The molecule has 174 valence electrons.